The van der Waals surface area contributed by atoms with Gasteiger partial charge in [0.15, 0.2) is 0 Å². The molecule has 0 spiro atoms. The van der Waals surface area contributed by atoms with E-state index in [-0.39, 0.29) is 0 Å². The first-order valence-electron chi connectivity index (χ1n) is 6.13. The Kier molecular flexibility index (Phi) is 4.69. The number of pyridine rings is 1. The van der Waals surface area contributed by atoms with Gasteiger partial charge in [0, 0.05) is 18.6 Å². The van der Waals surface area contributed by atoms with Crippen molar-refractivity contribution in [2.45, 2.75) is 26.2 Å². The maximum Gasteiger partial charge on any atom is 0.140 e. The third kappa shape index (κ3) is 3.14. The molecule has 1 aromatic heterocycles. The summed E-state index contributed by atoms with van der Waals surface area (Å²) in [4.78, 5) is 4.36. The standard InChI is InChI=1S/C13H18BrClN2/c1-9-5-6-16-13(12(9)14)17-8-11-4-2-3-10(11)7-15/h5-6,10-11H,2-4,7-8H2,1H3,(H,16,17). The van der Waals surface area contributed by atoms with Crippen molar-refractivity contribution in [1.82, 2.24) is 4.98 Å². The maximum atomic E-state index is 5.99. The third-order valence-corrected chi connectivity index (χ3v) is 5.03. The van der Waals surface area contributed by atoms with Crippen molar-refractivity contribution < 1.29 is 0 Å². The van der Waals surface area contributed by atoms with Crippen molar-refractivity contribution >= 4 is 33.3 Å². The smallest absolute Gasteiger partial charge is 0.140 e. The van der Waals surface area contributed by atoms with Crippen LogP contribution >= 0.6 is 27.5 Å². The van der Waals surface area contributed by atoms with E-state index in [2.05, 4.69) is 33.2 Å². The Morgan fingerprint density at radius 3 is 3.00 bits per heavy atom. The average molecular weight is 318 g/mol. The minimum Gasteiger partial charge on any atom is -0.369 e. The Morgan fingerprint density at radius 1 is 1.47 bits per heavy atom. The van der Waals surface area contributed by atoms with Crippen molar-refractivity contribution in [3.05, 3.63) is 22.3 Å². The second kappa shape index (κ2) is 6.05. The van der Waals surface area contributed by atoms with Crippen molar-refractivity contribution in [2.24, 2.45) is 11.8 Å². The molecule has 1 aromatic rings. The second-order valence-electron chi connectivity index (χ2n) is 4.78. The van der Waals surface area contributed by atoms with E-state index in [0.29, 0.717) is 11.8 Å². The van der Waals surface area contributed by atoms with Crippen molar-refractivity contribution in [2.75, 3.05) is 17.7 Å². The van der Waals surface area contributed by atoms with Crippen LogP contribution in [0.1, 0.15) is 24.8 Å². The van der Waals surface area contributed by atoms with Gasteiger partial charge in [0.25, 0.3) is 0 Å². The van der Waals surface area contributed by atoms with Crippen LogP contribution in [0.2, 0.25) is 0 Å². The number of hydrogen-bond donors (Lipinski definition) is 1. The summed E-state index contributed by atoms with van der Waals surface area (Å²) < 4.78 is 1.07. The lowest BCUT2D eigenvalue weighted by molar-refractivity contribution is 0.444. The first-order chi connectivity index (χ1) is 8.22. The minimum absolute atomic E-state index is 0.674. The molecule has 1 N–H and O–H groups in total. The van der Waals surface area contributed by atoms with Gasteiger partial charge in [-0.3, -0.25) is 0 Å². The predicted octanol–water partition coefficient (Wildman–Crippen LogP) is 4.22. The van der Waals surface area contributed by atoms with E-state index < -0.39 is 0 Å². The number of nitrogens with one attached hydrogen (secondary N) is 1. The van der Waals surface area contributed by atoms with Gasteiger partial charge in [0.1, 0.15) is 5.82 Å². The molecule has 1 heterocycles. The Bertz CT molecular complexity index is 384. The molecule has 1 saturated carbocycles. The monoisotopic (exact) mass is 316 g/mol. The lowest BCUT2D eigenvalue weighted by Crippen LogP contribution is -2.20. The zero-order valence-corrected chi connectivity index (χ0v) is 12.4. The normalized spacial score (nSPS) is 23.9. The molecule has 2 atom stereocenters. The molecular formula is C13H18BrClN2. The molecule has 0 radical (unpaired) electrons. The SMILES string of the molecule is Cc1ccnc(NCC2CCCC2CCl)c1Br. The molecule has 1 fully saturated rings. The summed E-state index contributed by atoms with van der Waals surface area (Å²) in [5, 5.41) is 3.44. The van der Waals surface area contributed by atoms with Crippen LogP contribution in [0.5, 0.6) is 0 Å². The van der Waals surface area contributed by atoms with Crippen LogP contribution in [0, 0.1) is 18.8 Å². The van der Waals surface area contributed by atoms with E-state index >= 15 is 0 Å². The molecular weight excluding hydrogens is 300 g/mol. The molecule has 0 aromatic carbocycles. The zero-order valence-electron chi connectivity index (χ0n) is 10.0. The van der Waals surface area contributed by atoms with Gasteiger partial charge in [-0.25, -0.2) is 4.98 Å². The van der Waals surface area contributed by atoms with E-state index in [1.54, 1.807) is 0 Å². The molecule has 0 saturated heterocycles. The molecule has 1 aliphatic carbocycles. The number of aryl methyl sites for hydroxylation is 1. The van der Waals surface area contributed by atoms with Crippen LogP contribution in [-0.2, 0) is 0 Å². The first kappa shape index (κ1) is 13.2. The molecule has 17 heavy (non-hydrogen) atoms. The molecule has 2 nitrogen and oxygen atoms in total. The Balaban J connectivity index is 1.95. The molecule has 4 heteroatoms. The lowest BCUT2D eigenvalue weighted by atomic mass is 9.98. The molecule has 94 valence electrons. The lowest BCUT2D eigenvalue weighted by Gasteiger charge is -2.18. The summed E-state index contributed by atoms with van der Waals surface area (Å²) in [6.07, 6.45) is 5.72. The van der Waals surface area contributed by atoms with Crippen LogP contribution in [0.4, 0.5) is 5.82 Å². The van der Waals surface area contributed by atoms with Gasteiger partial charge in [-0.1, -0.05) is 6.42 Å². The number of nitrogens with zero attached hydrogens (tertiary/aromatic N) is 1. The molecule has 2 rings (SSSR count). The first-order valence-corrected chi connectivity index (χ1v) is 7.46. The van der Waals surface area contributed by atoms with Crippen LogP contribution in [-0.4, -0.2) is 17.4 Å². The van der Waals surface area contributed by atoms with Gasteiger partial charge in [0.2, 0.25) is 0 Å². The summed E-state index contributed by atoms with van der Waals surface area (Å²) in [7, 11) is 0. The minimum atomic E-state index is 0.674. The fourth-order valence-electron chi connectivity index (χ4n) is 2.48. The molecule has 0 amide bonds. The second-order valence-corrected chi connectivity index (χ2v) is 5.88. The van der Waals surface area contributed by atoms with Gasteiger partial charge in [-0.2, -0.15) is 0 Å². The van der Waals surface area contributed by atoms with E-state index in [0.717, 1.165) is 22.7 Å². The highest BCUT2D eigenvalue weighted by Gasteiger charge is 2.26. The van der Waals surface area contributed by atoms with E-state index in [4.69, 9.17) is 11.6 Å². The van der Waals surface area contributed by atoms with Crippen LogP contribution in [0.25, 0.3) is 0 Å². The Morgan fingerprint density at radius 2 is 2.24 bits per heavy atom. The fourth-order valence-corrected chi connectivity index (χ4v) is 3.26. The highest BCUT2D eigenvalue weighted by atomic mass is 79.9. The van der Waals surface area contributed by atoms with E-state index in [1.165, 1.54) is 24.8 Å². The van der Waals surface area contributed by atoms with Gasteiger partial charge in [-0.15, -0.1) is 11.6 Å². The Hall–Kier alpha value is -0.280. The van der Waals surface area contributed by atoms with E-state index in [1.807, 2.05) is 12.3 Å². The highest BCUT2D eigenvalue weighted by Crippen LogP contribution is 2.33. The largest absolute Gasteiger partial charge is 0.369 e. The highest BCUT2D eigenvalue weighted by molar-refractivity contribution is 9.10. The molecule has 1 aliphatic rings. The quantitative estimate of drug-likeness (QED) is 0.841. The Labute approximate surface area is 116 Å². The summed E-state index contributed by atoms with van der Waals surface area (Å²) in [6, 6.07) is 2.01. The van der Waals surface area contributed by atoms with Crippen LogP contribution in [0.15, 0.2) is 16.7 Å². The van der Waals surface area contributed by atoms with Gasteiger partial charge < -0.3 is 5.32 Å². The number of rotatable bonds is 4. The van der Waals surface area contributed by atoms with Crippen LogP contribution in [0.3, 0.4) is 0 Å². The topological polar surface area (TPSA) is 24.9 Å². The number of alkyl halides is 1. The predicted molar refractivity (Wildman–Crippen MR) is 76.7 cm³/mol. The number of halogens is 2. The summed E-state index contributed by atoms with van der Waals surface area (Å²) in [6.45, 7) is 3.06. The van der Waals surface area contributed by atoms with Gasteiger partial charge >= 0.3 is 0 Å². The number of anilines is 1. The summed E-state index contributed by atoms with van der Waals surface area (Å²) in [5.74, 6) is 3.11. The van der Waals surface area contributed by atoms with Crippen molar-refractivity contribution in [1.29, 1.82) is 0 Å². The molecule has 0 aliphatic heterocycles. The zero-order chi connectivity index (χ0) is 12.3. The molecule has 0 bridgehead atoms. The van der Waals surface area contributed by atoms with Gasteiger partial charge in [0.05, 0.1) is 4.47 Å². The van der Waals surface area contributed by atoms with Gasteiger partial charge in [-0.05, 0) is 59.2 Å². The summed E-state index contributed by atoms with van der Waals surface area (Å²) >= 11 is 9.56. The maximum absolute atomic E-state index is 5.99. The van der Waals surface area contributed by atoms with E-state index in [9.17, 15) is 0 Å². The number of hydrogen-bond acceptors (Lipinski definition) is 2. The van der Waals surface area contributed by atoms with Crippen molar-refractivity contribution in [3.8, 4) is 0 Å². The average Bonchev–Trinajstić information content (AvgIpc) is 2.78. The van der Waals surface area contributed by atoms with Crippen molar-refractivity contribution in [3.63, 3.8) is 0 Å². The number of aromatic nitrogens is 1. The van der Waals surface area contributed by atoms with Crippen LogP contribution < -0.4 is 5.32 Å². The fraction of sp³-hybridized carbons (Fsp3) is 0.615. The summed E-state index contributed by atoms with van der Waals surface area (Å²) in [5.41, 5.74) is 1.21. The molecule has 2 unspecified atom stereocenters. The third-order valence-electron chi connectivity index (χ3n) is 3.63.